The Labute approximate surface area is 249 Å². The van der Waals surface area contributed by atoms with E-state index in [0.29, 0.717) is 0 Å². The summed E-state index contributed by atoms with van der Waals surface area (Å²) in [7, 11) is 0. The van der Waals surface area contributed by atoms with Gasteiger partial charge in [0, 0.05) is 16.7 Å². The number of carbonyl (C=O) groups excluding carboxylic acids is 2. The molecule has 42 heavy (non-hydrogen) atoms. The molecule has 2 aromatic heterocycles. The van der Waals surface area contributed by atoms with Crippen molar-refractivity contribution in [3.05, 3.63) is 69.1 Å². The molecule has 6 N–H and O–H groups in total. The van der Waals surface area contributed by atoms with Gasteiger partial charge in [0.15, 0.2) is 10.9 Å². The van der Waals surface area contributed by atoms with Crippen molar-refractivity contribution in [2.45, 2.75) is 25.1 Å². The number of halogens is 6. The van der Waals surface area contributed by atoms with Gasteiger partial charge in [-0.2, -0.15) is 13.2 Å². The van der Waals surface area contributed by atoms with E-state index in [2.05, 4.69) is 9.97 Å². The number of fused-ring (bicyclic) bond motifs is 1. The second-order valence-electron chi connectivity index (χ2n) is 8.95. The number of alkyl halides is 3. The van der Waals surface area contributed by atoms with Crippen molar-refractivity contribution in [2.75, 3.05) is 18.9 Å². The van der Waals surface area contributed by atoms with Gasteiger partial charge < -0.3 is 26.6 Å². The number of anilines is 1. The van der Waals surface area contributed by atoms with Crippen LogP contribution in [0, 0.1) is 5.82 Å². The molecule has 0 aliphatic carbocycles. The molecule has 0 saturated heterocycles. The maximum atomic E-state index is 14.5. The summed E-state index contributed by atoms with van der Waals surface area (Å²) < 4.78 is 63.9. The molecule has 4 aromatic rings. The third-order valence-electron chi connectivity index (χ3n) is 6.02. The number of carbonyl (C=O) groups is 2. The number of nitrogen functional groups attached to an aromatic ring is 1. The van der Waals surface area contributed by atoms with Crippen LogP contribution in [0.3, 0.4) is 0 Å². The second-order valence-corrected chi connectivity index (χ2v) is 10.8. The quantitative estimate of drug-likeness (QED) is 0.187. The Kier molecular flexibility index (Phi) is 8.83. The van der Waals surface area contributed by atoms with E-state index in [1.807, 2.05) is 5.32 Å². The van der Waals surface area contributed by atoms with E-state index < -0.39 is 48.1 Å². The lowest BCUT2D eigenvalue weighted by molar-refractivity contribution is -0.265. The highest BCUT2D eigenvalue weighted by Crippen LogP contribution is 2.42. The fourth-order valence-electron chi connectivity index (χ4n) is 4.04. The van der Waals surface area contributed by atoms with E-state index in [1.165, 1.54) is 24.3 Å². The molecule has 1 atom stereocenters. The Hall–Kier alpha value is -3.72. The fourth-order valence-corrected chi connectivity index (χ4v) is 5.13. The van der Waals surface area contributed by atoms with E-state index in [1.54, 1.807) is 6.92 Å². The van der Waals surface area contributed by atoms with Gasteiger partial charge in [0.1, 0.15) is 17.0 Å². The smallest absolute Gasteiger partial charge is 0.424 e. The number of ether oxygens (including phenoxy) is 1. The molecule has 0 aliphatic rings. The number of hydrogen-bond donors (Lipinski definition) is 4. The van der Waals surface area contributed by atoms with Crippen molar-refractivity contribution in [3.8, 4) is 17.0 Å². The van der Waals surface area contributed by atoms with Gasteiger partial charge in [-0.3, -0.25) is 9.59 Å². The normalized spacial score (nSPS) is 13.1. The number of rotatable bonds is 9. The molecule has 2 amide bonds. The zero-order valence-electron chi connectivity index (χ0n) is 21.5. The molecular weight excluding hydrogens is 625 g/mol. The molecule has 0 unspecified atom stereocenters. The molecule has 4 rings (SSSR count). The molecule has 0 aliphatic heterocycles. The third kappa shape index (κ3) is 6.21. The van der Waals surface area contributed by atoms with Gasteiger partial charge in [0.05, 0.1) is 40.0 Å². The molecule has 222 valence electrons. The van der Waals surface area contributed by atoms with E-state index >= 15 is 0 Å². The average Bonchev–Trinajstić information content (AvgIpc) is 3.29. The minimum Gasteiger partial charge on any atom is -0.491 e. The highest BCUT2D eigenvalue weighted by atomic mass is 35.5. The lowest BCUT2D eigenvalue weighted by Gasteiger charge is -2.31. The summed E-state index contributed by atoms with van der Waals surface area (Å²) in [6.07, 6.45) is -5.97. The first kappa shape index (κ1) is 31.2. The minimum atomic E-state index is -5.40. The first-order valence-electron chi connectivity index (χ1n) is 12.0. The van der Waals surface area contributed by atoms with Crippen molar-refractivity contribution in [2.24, 2.45) is 5.73 Å². The molecule has 0 fully saturated rings. The van der Waals surface area contributed by atoms with Gasteiger partial charge in [-0.05, 0) is 37.3 Å². The molecule has 0 radical (unpaired) electrons. The minimum absolute atomic E-state index is 0.0269. The number of hydrogen-bond acceptors (Lipinski definition) is 8. The van der Waals surface area contributed by atoms with Crippen LogP contribution in [0.25, 0.3) is 21.5 Å². The number of nitrogens with two attached hydrogens (primary N) is 2. The molecule has 0 saturated carbocycles. The molecule has 0 spiro atoms. The summed E-state index contributed by atoms with van der Waals surface area (Å²) in [5.74, 6) is -3.01. The zero-order chi connectivity index (χ0) is 31.0. The SMILES string of the molecule is CCOc1c(CC(N)=O)cc([C@@](O)(CNC(=O)c2cc(F)c3nc(N)sc3c2)C(F)(F)F)nc1-c1ccc(Cl)c(Cl)c1. The van der Waals surface area contributed by atoms with Gasteiger partial charge in [-0.25, -0.2) is 14.4 Å². The Bertz CT molecular complexity index is 1700. The number of aliphatic hydroxyl groups is 1. The Morgan fingerprint density at radius 1 is 1.12 bits per heavy atom. The topological polar surface area (TPSA) is 153 Å². The number of benzene rings is 2. The highest BCUT2D eigenvalue weighted by molar-refractivity contribution is 7.22. The number of nitrogens with zero attached hydrogens (tertiary/aromatic N) is 2. The van der Waals surface area contributed by atoms with E-state index in [9.17, 15) is 32.3 Å². The van der Waals surface area contributed by atoms with Gasteiger partial charge in [-0.15, -0.1) is 0 Å². The van der Waals surface area contributed by atoms with E-state index in [4.69, 9.17) is 39.4 Å². The lowest BCUT2D eigenvalue weighted by atomic mass is 9.93. The molecule has 2 aromatic carbocycles. The molecular formula is C26H21Cl2F4N5O4S. The Morgan fingerprint density at radius 2 is 1.83 bits per heavy atom. The van der Waals surface area contributed by atoms with Crippen molar-refractivity contribution in [1.29, 1.82) is 0 Å². The van der Waals surface area contributed by atoms with Gasteiger partial charge in [0.2, 0.25) is 11.5 Å². The van der Waals surface area contributed by atoms with Crippen LogP contribution in [0.4, 0.5) is 22.7 Å². The Balaban J connectivity index is 1.82. The van der Waals surface area contributed by atoms with Crippen LogP contribution in [0.1, 0.15) is 28.5 Å². The molecule has 2 heterocycles. The molecule has 9 nitrogen and oxygen atoms in total. The number of nitrogens with one attached hydrogen (secondary N) is 1. The summed E-state index contributed by atoms with van der Waals surface area (Å²) in [5.41, 5.74) is 5.56. The zero-order valence-corrected chi connectivity index (χ0v) is 23.8. The van der Waals surface area contributed by atoms with Crippen LogP contribution in [0.15, 0.2) is 36.4 Å². The maximum Gasteiger partial charge on any atom is 0.424 e. The van der Waals surface area contributed by atoms with Crippen LogP contribution in [0.5, 0.6) is 5.75 Å². The number of thiazole rings is 1. The van der Waals surface area contributed by atoms with Crippen LogP contribution in [-0.2, 0) is 16.8 Å². The fraction of sp³-hybridized carbons (Fsp3) is 0.231. The van der Waals surface area contributed by atoms with Gasteiger partial charge in [-0.1, -0.05) is 40.6 Å². The first-order valence-corrected chi connectivity index (χ1v) is 13.6. The third-order valence-corrected chi connectivity index (χ3v) is 7.59. The highest BCUT2D eigenvalue weighted by Gasteiger charge is 2.56. The second kappa shape index (κ2) is 11.9. The number of pyridine rings is 1. The first-order chi connectivity index (χ1) is 19.6. The van der Waals surface area contributed by atoms with Crippen LogP contribution >= 0.6 is 34.5 Å². The average molecular weight is 646 g/mol. The lowest BCUT2D eigenvalue weighted by Crippen LogP contribution is -2.51. The predicted octanol–water partition coefficient (Wildman–Crippen LogP) is 4.99. The van der Waals surface area contributed by atoms with Crippen molar-refractivity contribution in [3.63, 3.8) is 0 Å². The summed E-state index contributed by atoms with van der Waals surface area (Å²) >= 11 is 13.0. The molecule has 16 heteroatoms. The summed E-state index contributed by atoms with van der Waals surface area (Å²) in [5, 5.41) is 13.3. The van der Waals surface area contributed by atoms with Crippen molar-refractivity contribution < 1.29 is 37.0 Å². The molecule has 0 bridgehead atoms. The summed E-state index contributed by atoms with van der Waals surface area (Å²) in [6, 6.07) is 6.91. The number of primary amides is 1. The van der Waals surface area contributed by atoms with Crippen LogP contribution in [0.2, 0.25) is 10.0 Å². The largest absolute Gasteiger partial charge is 0.491 e. The monoisotopic (exact) mass is 645 g/mol. The van der Waals surface area contributed by atoms with E-state index in [0.717, 1.165) is 23.5 Å². The van der Waals surface area contributed by atoms with Crippen molar-refractivity contribution >= 4 is 61.7 Å². The Morgan fingerprint density at radius 3 is 2.45 bits per heavy atom. The van der Waals surface area contributed by atoms with Crippen LogP contribution < -0.4 is 21.5 Å². The maximum absolute atomic E-state index is 14.5. The standard InChI is InChI=1S/C26H21Cl2F4N5O4S/c1-2-41-22-12(9-19(33)38)8-18(36-20(22)11-3-4-14(27)15(28)5-11)25(40,26(30,31)32)10-35-23(39)13-6-16(29)21-17(7-13)42-24(34)37-21/h3-8,40H,2,9-10H2,1H3,(H2,33,38)(H2,34,37)(H,35,39)/t25-/m0/s1. The summed E-state index contributed by atoms with van der Waals surface area (Å²) in [4.78, 5) is 32.5. The van der Waals surface area contributed by atoms with Crippen LogP contribution in [-0.4, -0.2) is 46.2 Å². The van der Waals surface area contributed by atoms with Gasteiger partial charge in [0.25, 0.3) is 5.91 Å². The van der Waals surface area contributed by atoms with Gasteiger partial charge >= 0.3 is 6.18 Å². The van der Waals surface area contributed by atoms with E-state index in [-0.39, 0.29) is 60.1 Å². The van der Waals surface area contributed by atoms with Crippen molar-refractivity contribution in [1.82, 2.24) is 15.3 Å². The number of amides is 2. The predicted molar refractivity (Wildman–Crippen MR) is 150 cm³/mol. The number of aromatic nitrogens is 2. The summed E-state index contributed by atoms with van der Waals surface area (Å²) in [6.45, 7) is 0.202.